The van der Waals surface area contributed by atoms with Gasteiger partial charge in [0, 0.05) is 32.4 Å². The molecule has 1 fully saturated rings. The molecule has 0 aromatic carbocycles. The third kappa shape index (κ3) is 3.34. The molecule has 25 heavy (non-hydrogen) atoms. The lowest BCUT2D eigenvalue weighted by atomic mass is 10.1. The molecular formula is C17H23N5O3. The van der Waals surface area contributed by atoms with Gasteiger partial charge < -0.3 is 9.80 Å². The summed E-state index contributed by atoms with van der Waals surface area (Å²) in [6, 6.07) is 2.00. The zero-order valence-electron chi connectivity index (χ0n) is 14.8. The van der Waals surface area contributed by atoms with Crippen molar-refractivity contribution in [3.8, 4) is 0 Å². The highest BCUT2D eigenvalue weighted by Gasteiger charge is 2.23. The van der Waals surface area contributed by atoms with Crippen LogP contribution in [0.15, 0.2) is 21.9 Å². The summed E-state index contributed by atoms with van der Waals surface area (Å²) in [4.78, 5) is 46.9. The van der Waals surface area contributed by atoms with Crippen molar-refractivity contribution in [2.45, 2.75) is 25.3 Å². The van der Waals surface area contributed by atoms with E-state index >= 15 is 0 Å². The van der Waals surface area contributed by atoms with Gasteiger partial charge in [-0.2, -0.15) is 0 Å². The fraction of sp³-hybridized carbons (Fsp3) is 0.529. The standard InChI is InChI=1S/C17H23N5O3/c1-20(2)12-5-4-7-22(8-6-12)16(24)11-9-13-14(18-10-11)21(3)17(25)19-15(13)23/h9-10,12H,4-8H2,1-3H3,(H,19,23,25)/t12-/m1/s1. The van der Waals surface area contributed by atoms with Crippen LogP contribution in [0, 0.1) is 0 Å². The van der Waals surface area contributed by atoms with Gasteiger partial charge in [0.15, 0.2) is 0 Å². The van der Waals surface area contributed by atoms with Gasteiger partial charge in [-0.25, -0.2) is 9.78 Å². The summed E-state index contributed by atoms with van der Waals surface area (Å²) < 4.78 is 1.26. The minimum Gasteiger partial charge on any atom is -0.339 e. The quantitative estimate of drug-likeness (QED) is 0.838. The van der Waals surface area contributed by atoms with Crippen LogP contribution in [0.1, 0.15) is 29.6 Å². The van der Waals surface area contributed by atoms with Crippen molar-refractivity contribution in [2.75, 3.05) is 27.2 Å². The zero-order valence-corrected chi connectivity index (χ0v) is 14.8. The molecule has 1 amide bonds. The van der Waals surface area contributed by atoms with Crippen molar-refractivity contribution in [3.63, 3.8) is 0 Å². The van der Waals surface area contributed by atoms with Crippen LogP contribution in [0.5, 0.6) is 0 Å². The Bertz CT molecular complexity index is 915. The van der Waals surface area contributed by atoms with Gasteiger partial charge in [-0.3, -0.25) is 19.1 Å². The minimum absolute atomic E-state index is 0.123. The molecule has 1 saturated heterocycles. The van der Waals surface area contributed by atoms with Crippen LogP contribution in [0.4, 0.5) is 0 Å². The van der Waals surface area contributed by atoms with Gasteiger partial charge in [-0.05, 0) is 39.4 Å². The number of nitrogens with zero attached hydrogens (tertiary/aromatic N) is 4. The average molecular weight is 345 g/mol. The molecule has 0 spiro atoms. The first kappa shape index (κ1) is 17.3. The Labute approximate surface area is 145 Å². The number of fused-ring (bicyclic) bond motifs is 1. The van der Waals surface area contributed by atoms with Crippen LogP contribution in [-0.2, 0) is 7.05 Å². The Morgan fingerprint density at radius 2 is 2.04 bits per heavy atom. The number of pyridine rings is 1. The Balaban J connectivity index is 1.90. The molecule has 0 bridgehead atoms. The third-order valence-corrected chi connectivity index (χ3v) is 4.92. The number of amides is 1. The number of aromatic amines is 1. The highest BCUT2D eigenvalue weighted by atomic mass is 16.2. The predicted molar refractivity (Wildman–Crippen MR) is 94.8 cm³/mol. The van der Waals surface area contributed by atoms with Gasteiger partial charge in [0.05, 0.1) is 10.9 Å². The van der Waals surface area contributed by atoms with E-state index in [0.717, 1.165) is 19.3 Å². The monoisotopic (exact) mass is 345 g/mol. The number of carbonyl (C=O) groups is 1. The maximum atomic E-state index is 12.8. The molecule has 0 aliphatic carbocycles. The second kappa shape index (κ2) is 6.79. The molecule has 0 saturated carbocycles. The van der Waals surface area contributed by atoms with E-state index < -0.39 is 11.2 Å². The highest BCUT2D eigenvalue weighted by molar-refractivity contribution is 5.96. The van der Waals surface area contributed by atoms with Gasteiger partial charge in [-0.1, -0.05) is 0 Å². The van der Waals surface area contributed by atoms with E-state index in [2.05, 4.69) is 29.0 Å². The molecule has 1 atom stereocenters. The van der Waals surface area contributed by atoms with Crippen LogP contribution in [0.25, 0.3) is 11.0 Å². The number of carbonyl (C=O) groups excluding carboxylic acids is 1. The highest BCUT2D eigenvalue weighted by Crippen LogP contribution is 2.17. The summed E-state index contributed by atoms with van der Waals surface area (Å²) in [5.41, 5.74) is -0.399. The van der Waals surface area contributed by atoms with E-state index in [0.29, 0.717) is 24.7 Å². The number of H-pyrrole nitrogens is 1. The van der Waals surface area contributed by atoms with E-state index in [4.69, 9.17) is 0 Å². The molecule has 2 aromatic rings. The predicted octanol–water partition coefficient (Wildman–Crippen LogP) is 0.178. The van der Waals surface area contributed by atoms with Crippen LogP contribution in [0.3, 0.4) is 0 Å². The van der Waals surface area contributed by atoms with Crippen molar-refractivity contribution < 1.29 is 4.79 Å². The number of aromatic nitrogens is 3. The van der Waals surface area contributed by atoms with E-state index in [9.17, 15) is 14.4 Å². The first-order chi connectivity index (χ1) is 11.9. The number of nitrogens with one attached hydrogen (secondary N) is 1. The van der Waals surface area contributed by atoms with E-state index in [1.165, 1.54) is 23.9 Å². The van der Waals surface area contributed by atoms with Gasteiger partial charge >= 0.3 is 5.69 Å². The summed E-state index contributed by atoms with van der Waals surface area (Å²) >= 11 is 0. The minimum atomic E-state index is -0.524. The summed E-state index contributed by atoms with van der Waals surface area (Å²) in [5, 5.41) is 0.244. The van der Waals surface area contributed by atoms with Gasteiger partial charge in [0.2, 0.25) is 0 Å². The van der Waals surface area contributed by atoms with E-state index in [-0.39, 0.29) is 16.9 Å². The first-order valence-corrected chi connectivity index (χ1v) is 8.43. The Morgan fingerprint density at radius 1 is 1.28 bits per heavy atom. The lowest BCUT2D eigenvalue weighted by Gasteiger charge is -2.23. The molecule has 8 heteroatoms. The SMILES string of the molecule is CN(C)[C@@H]1CCCN(C(=O)c2cnc3c(c2)c(=O)[nH]c(=O)n3C)CC1. The Kier molecular flexibility index (Phi) is 4.71. The molecule has 8 nitrogen and oxygen atoms in total. The first-order valence-electron chi connectivity index (χ1n) is 8.43. The van der Waals surface area contributed by atoms with Crippen LogP contribution in [-0.4, -0.2) is 63.5 Å². The Morgan fingerprint density at radius 3 is 2.76 bits per heavy atom. The Hall–Kier alpha value is -2.48. The van der Waals surface area contributed by atoms with Crippen molar-refractivity contribution in [3.05, 3.63) is 38.7 Å². The van der Waals surface area contributed by atoms with Crippen LogP contribution >= 0.6 is 0 Å². The summed E-state index contributed by atoms with van der Waals surface area (Å²) in [7, 11) is 5.66. The number of aryl methyl sites for hydroxylation is 1. The topological polar surface area (TPSA) is 91.3 Å². The second-order valence-electron chi connectivity index (χ2n) is 6.75. The summed E-state index contributed by atoms with van der Waals surface area (Å²) in [6.07, 6.45) is 4.38. The van der Waals surface area contributed by atoms with Crippen molar-refractivity contribution in [2.24, 2.45) is 7.05 Å². The molecule has 2 aromatic heterocycles. The zero-order chi connectivity index (χ0) is 18.1. The molecule has 3 heterocycles. The van der Waals surface area contributed by atoms with Crippen LogP contribution < -0.4 is 11.2 Å². The molecule has 1 aliphatic heterocycles. The molecule has 3 rings (SSSR count). The third-order valence-electron chi connectivity index (χ3n) is 4.92. The largest absolute Gasteiger partial charge is 0.339 e. The smallest absolute Gasteiger partial charge is 0.329 e. The molecular weight excluding hydrogens is 322 g/mol. The lowest BCUT2D eigenvalue weighted by Crippen LogP contribution is -2.34. The van der Waals surface area contributed by atoms with E-state index in [1.807, 2.05) is 4.90 Å². The van der Waals surface area contributed by atoms with Gasteiger partial charge in [-0.15, -0.1) is 0 Å². The van der Waals surface area contributed by atoms with Crippen LogP contribution in [0.2, 0.25) is 0 Å². The average Bonchev–Trinajstić information content (AvgIpc) is 2.85. The molecule has 0 radical (unpaired) electrons. The van der Waals surface area contributed by atoms with E-state index in [1.54, 1.807) is 0 Å². The van der Waals surface area contributed by atoms with Crippen molar-refractivity contribution in [1.29, 1.82) is 0 Å². The van der Waals surface area contributed by atoms with Gasteiger partial charge in [0.25, 0.3) is 11.5 Å². The number of hydrogen-bond donors (Lipinski definition) is 1. The summed E-state index contributed by atoms with van der Waals surface area (Å²) in [6.45, 7) is 1.38. The van der Waals surface area contributed by atoms with Gasteiger partial charge in [0.1, 0.15) is 5.65 Å². The molecule has 1 aliphatic rings. The number of rotatable bonds is 2. The normalized spacial score (nSPS) is 18.6. The molecule has 134 valence electrons. The number of hydrogen-bond acceptors (Lipinski definition) is 5. The maximum absolute atomic E-state index is 12.8. The fourth-order valence-electron chi connectivity index (χ4n) is 3.33. The van der Waals surface area contributed by atoms with Crippen molar-refractivity contribution in [1.82, 2.24) is 24.3 Å². The maximum Gasteiger partial charge on any atom is 0.329 e. The molecule has 1 N–H and O–H groups in total. The fourth-order valence-corrected chi connectivity index (χ4v) is 3.33. The lowest BCUT2D eigenvalue weighted by molar-refractivity contribution is 0.0758. The summed E-state index contributed by atoms with van der Waals surface area (Å²) in [5.74, 6) is -0.123. The van der Waals surface area contributed by atoms with Crippen molar-refractivity contribution >= 4 is 16.9 Å². The second-order valence-corrected chi connectivity index (χ2v) is 6.75. The number of likely N-dealkylation sites (tertiary alicyclic amines) is 1. The molecule has 0 unspecified atom stereocenters.